The Morgan fingerprint density at radius 3 is 2.44 bits per heavy atom. The molecular weight excluding hydrogens is 356 g/mol. The number of hydrogen-bond donors (Lipinski definition) is 0. The van der Waals surface area contributed by atoms with E-state index >= 15 is 0 Å². The van der Waals surface area contributed by atoms with Crippen molar-refractivity contribution in [1.82, 2.24) is 5.01 Å². The molecule has 0 spiro atoms. The van der Waals surface area contributed by atoms with Crippen molar-refractivity contribution in [3.05, 3.63) is 101 Å². The first-order chi connectivity index (χ1) is 13.1. The summed E-state index contributed by atoms with van der Waals surface area (Å²) in [5.41, 5.74) is 3.76. The van der Waals surface area contributed by atoms with Crippen molar-refractivity contribution in [2.75, 3.05) is 0 Å². The summed E-state index contributed by atoms with van der Waals surface area (Å²) in [4.78, 5) is 0. The molecular formula is C23H19ClN2O. The highest BCUT2D eigenvalue weighted by Crippen LogP contribution is 2.50. The van der Waals surface area contributed by atoms with Crippen LogP contribution >= 0.6 is 11.6 Å². The number of fused-ring (bicyclic) bond motifs is 3. The lowest BCUT2D eigenvalue weighted by Gasteiger charge is -2.46. The minimum atomic E-state index is -0.694. The number of halogens is 1. The van der Waals surface area contributed by atoms with Crippen LogP contribution in [0.2, 0.25) is 5.02 Å². The van der Waals surface area contributed by atoms with E-state index in [0.717, 1.165) is 29.0 Å². The molecule has 3 nitrogen and oxygen atoms in total. The smallest absolute Gasteiger partial charge is 0.221 e. The van der Waals surface area contributed by atoms with Gasteiger partial charge in [-0.25, -0.2) is 5.01 Å². The van der Waals surface area contributed by atoms with Crippen molar-refractivity contribution in [3.8, 4) is 5.75 Å². The molecule has 0 aromatic heterocycles. The van der Waals surface area contributed by atoms with Gasteiger partial charge in [-0.3, -0.25) is 0 Å². The highest BCUT2D eigenvalue weighted by molar-refractivity contribution is 6.30. The summed E-state index contributed by atoms with van der Waals surface area (Å²) in [6, 6.07) is 26.6. The molecule has 4 heteroatoms. The molecule has 0 aliphatic carbocycles. The second-order valence-electron chi connectivity index (χ2n) is 7.11. The molecule has 134 valence electrons. The number of hydrogen-bond acceptors (Lipinski definition) is 3. The third-order valence-corrected chi connectivity index (χ3v) is 5.67. The van der Waals surface area contributed by atoms with Crippen molar-refractivity contribution in [1.29, 1.82) is 0 Å². The third kappa shape index (κ3) is 2.62. The van der Waals surface area contributed by atoms with Crippen LogP contribution in [0.25, 0.3) is 0 Å². The van der Waals surface area contributed by atoms with Crippen LogP contribution in [0.4, 0.5) is 0 Å². The van der Waals surface area contributed by atoms with Gasteiger partial charge in [0, 0.05) is 29.5 Å². The zero-order chi connectivity index (χ0) is 18.4. The Morgan fingerprint density at radius 2 is 1.67 bits per heavy atom. The molecule has 2 aliphatic rings. The Balaban J connectivity index is 1.65. The highest BCUT2D eigenvalue weighted by Gasteiger charge is 2.48. The number of benzene rings is 3. The molecule has 0 fully saturated rings. The first kappa shape index (κ1) is 16.4. The lowest BCUT2D eigenvalue weighted by molar-refractivity contribution is -0.112. The molecule has 0 radical (unpaired) electrons. The molecule has 2 heterocycles. The maximum Gasteiger partial charge on any atom is 0.221 e. The van der Waals surface area contributed by atoms with Crippen LogP contribution in [0, 0.1) is 0 Å². The minimum absolute atomic E-state index is 0.144. The predicted molar refractivity (Wildman–Crippen MR) is 108 cm³/mol. The number of hydrazone groups is 1. The maximum atomic E-state index is 6.52. The van der Waals surface area contributed by atoms with E-state index in [2.05, 4.69) is 48.3 Å². The van der Waals surface area contributed by atoms with Gasteiger partial charge in [-0.1, -0.05) is 72.3 Å². The molecule has 5 rings (SSSR count). The van der Waals surface area contributed by atoms with Gasteiger partial charge in [-0.05, 0) is 23.8 Å². The molecule has 3 aromatic rings. The quantitative estimate of drug-likeness (QED) is 0.570. The van der Waals surface area contributed by atoms with E-state index in [9.17, 15) is 0 Å². The van der Waals surface area contributed by atoms with E-state index in [-0.39, 0.29) is 6.04 Å². The van der Waals surface area contributed by atoms with E-state index in [1.54, 1.807) is 0 Å². The Labute approximate surface area is 163 Å². The van der Waals surface area contributed by atoms with Crippen molar-refractivity contribution in [3.63, 3.8) is 0 Å². The van der Waals surface area contributed by atoms with Crippen molar-refractivity contribution in [2.45, 2.75) is 25.1 Å². The lowest BCUT2D eigenvalue weighted by Crippen LogP contribution is -2.48. The molecule has 27 heavy (non-hydrogen) atoms. The van der Waals surface area contributed by atoms with Crippen molar-refractivity contribution >= 4 is 17.3 Å². The molecule has 2 atom stereocenters. The molecule has 0 unspecified atom stereocenters. The predicted octanol–water partition coefficient (Wildman–Crippen LogP) is 5.76. The second-order valence-corrected chi connectivity index (χ2v) is 7.54. The summed E-state index contributed by atoms with van der Waals surface area (Å²) in [5.74, 6) is 0.917. The minimum Gasteiger partial charge on any atom is -0.462 e. The van der Waals surface area contributed by atoms with Crippen LogP contribution in [0.5, 0.6) is 5.75 Å². The van der Waals surface area contributed by atoms with Gasteiger partial charge < -0.3 is 4.74 Å². The molecule has 0 bridgehead atoms. The second kappa shape index (κ2) is 6.14. The monoisotopic (exact) mass is 374 g/mol. The fraction of sp³-hybridized carbons (Fsp3) is 0.174. The zero-order valence-electron chi connectivity index (χ0n) is 15.0. The molecule has 0 amide bonds. The largest absolute Gasteiger partial charge is 0.462 e. The van der Waals surface area contributed by atoms with Crippen molar-refractivity contribution in [2.24, 2.45) is 5.10 Å². The van der Waals surface area contributed by atoms with Gasteiger partial charge in [0.15, 0.2) is 0 Å². The number of ether oxygens (including phenoxy) is 1. The van der Waals surface area contributed by atoms with Crippen LogP contribution < -0.4 is 4.74 Å². The number of nitrogens with zero attached hydrogens (tertiary/aromatic N) is 2. The van der Waals surface area contributed by atoms with Crippen LogP contribution in [-0.2, 0) is 5.72 Å². The molecule has 3 aromatic carbocycles. The Morgan fingerprint density at radius 1 is 0.963 bits per heavy atom. The van der Waals surface area contributed by atoms with Gasteiger partial charge in [0.05, 0.1) is 11.8 Å². The van der Waals surface area contributed by atoms with Gasteiger partial charge in [0.1, 0.15) is 5.75 Å². The number of para-hydroxylation sites is 1. The third-order valence-electron chi connectivity index (χ3n) is 5.42. The van der Waals surface area contributed by atoms with E-state index < -0.39 is 5.72 Å². The summed E-state index contributed by atoms with van der Waals surface area (Å²) in [7, 11) is 0. The first-order valence-corrected chi connectivity index (χ1v) is 9.49. The van der Waals surface area contributed by atoms with Crippen LogP contribution in [0.15, 0.2) is 84.0 Å². The SMILES string of the molecule is C[C@]1(c2ccc(Cl)cc2)Oc2ccccc2[C@H]2CC(c3ccccc3)=NN21. The van der Waals surface area contributed by atoms with Crippen LogP contribution in [-0.4, -0.2) is 10.7 Å². The summed E-state index contributed by atoms with van der Waals surface area (Å²) in [5, 5.41) is 7.85. The summed E-state index contributed by atoms with van der Waals surface area (Å²) < 4.78 is 6.52. The van der Waals surface area contributed by atoms with Gasteiger partial charge in [-0.15, -0.1) is 0 Å². The Kier molecular flexibility index (Phi) is 3.73. The average Bonchev–Trinajstić information content (AvgIpc) is 3.16. The van der Waals surface area contributed by atoms with E-state index in [0.29, 0.717) is 5.02 Å². The molecule has 0 saturated heterocycles. The normalized spacial score (nSPS) is 23.3. The average molecular weight is 375 g/mol. The van der Waals surface area contributed by atoms with Gasteiger partial charge in [0.2, 0.25) is 5.72 Å². The standard InChI is InChI=1S/C23H19ClN2O/c1-23(17-11-13-18(24)14-12-17)26-21(19-9-5-6-10-22(19)27-23)15-20(25-26)16-7-3-2-4-8-16/h2-14,21H,15H2,1H3/t21-,23-/m1/s1. The van der Waals surface area contributed by atoms with E-state index in [1.807, 2.05) is 42.5 Å². The summed E-state index contributed by atoms with van der Waals surface area (Å²) in [6.45, 7) is 2.08. The molecule has 0 N–H and O–H groups in total. The van der Waals surface area contributed by atoms with Crippen molar-refractivity contribution < 1.29 is 4.74 Å². The topological polar surface area (TPSA) is 24.8 Å². The number of rotatable bonds is 2. The van der Waals surface area contributed by atoms with Gasteiger partial charge in [-0.2, -0.15) is 5.10 Å². The maximum absolute atomic E-state index is 6.52. The van der Waals surface area contributed by atoms with E-state index in [4.69, 9.17) is 21.4 Å². The first-order valence-electron chi connectivity index (χ1n) is 9.11. The molecule has 0 saturated carbocycles. The lowest BCUT2D eigenvalue weighted by atomic mass is 9.92. The summed E-state index contributed by atoms with van der Waals surface area (Å²) in [6.07, 6.45) is 0.855. The zero-order valence-corrected chi connectivity index (χ0v) is 15.7. The van der Waals surface area contributed by atoms with Crippen LogP contribution in [0.3, 0.4) is 0 Å². The molecule has 2 aliphatic heterocycles. The van der Waals surface area contributed by atoms with Gasteiger partial charge >= 0.3 is 0 Å². The fourth-order valence-electron chi connectivity index (χ4n) is 4.01. The van der Waals surface area contributed by atoms with Gasteiger partial charge in [0.25, 0.3) is 0 Å². The summed E-state index contributed by atoms with van der Waals surface area (Å²) >= 11 is 6.11. The highest BCUT2D eigenvalue weighted by atomic mass is 35.5. The fourth-order valence-corrected chi connectivity index (χ4v) is 4.14. The Bertz CT molecular complexity index is 1020. The van der Waals surface area contributed by atoms with E-state index in [1.165, 1.54) is 5.56 Å². The Hall–Kier alpha value is -2.78. The van der Waals surface area contributed by atoms with Crippen LogP contribution in [0.1, 0.15) is 36.1 Å².